The molecule has 1 fully saturated rings. The van der Waals surface area contributed by atoms with Gasteiger partial charge >= 0.3 is 0 Å². The summed E-state index contributed by atoms with van der Waals surface area (Å²) in [6.07, 6.45) is 6.90. The number of nitrogens with one attached hydrogen (secondary N) is 1. The number of benzene rings is 1. The van der Waals surface area contributed by atoms with E-state index in [-0.39, 0.29) is 10.6 Å². The molecule has 1 aliphatic carbocycles. The van der Waals surface area contributed by atoms with Crippen molar-refractivity contribution in [2.45, 2.75) is 43.5 Å². The molecule has 0 aromatic heterocycles. The largest absolute Gasteiger partial charge is 0.310 e. The maximum absolute atomic E-state index is 11.0. The van der Waals surface area contributed by atoms with Gasteiger partial charge in [-0.25, -0.2) is 0 Å². The fraction of sp³-hybridized carbons (Fsp3) is 0.571. The van der Waals surface area contributed by atoms with Crippen molar-refractivity contribution in [3.8, 4) is 0 Å². The molecule has 0 unspecified atom stereocenters. The van der Waals surface area contributed by atoms with Gasteiger partial charge in [-0.2, -0.15) is 11.8 Å². The second kappa shape index (κ2) is 7.29. The minimum Gasteiger partial charge on any atom is -0.310 e. The van der Waals surface area contributed by atoms with Gasteiger partial charge in [0, 0.05) is 34.5 Å². The molecule has 1 N–H and O–H groups in total. The smallest absolute Gasteiger partial charge is 0.275 e. The van der Waals surface area contributed by atoms with Crippen LogP contribution >= 0.6 is 23.4 Å². The number of nitrogens with zero attached hydrogens (tertiary/aromatic N) is 1. The van der Waals surface area contributed by atoms with E-state index in [0.29, 0.717) is 23.2 Å². The molecule has 0 spiro atoms. The number of hydrogen-bond acceptors (Lipinski definition) is 4. The molecule has 0 saturated heterocycles. The molecule has 2 rings (SSSR count). The van der Waals surface area contributed by atoms with E-state index in [4.69, 9.17) is 11.6 Å². The second-order valence-electron chi connectivity index (χ2n) is 5.12. The summed E-state index contributed by atoms with van der Waals surface area (Å²) < 4.78 is 0. The van der Waals surface area contributed by atoms with Gasteiger partial charge in [-0.15, -0.1) is 0 Å². The summed E-state index contributed by atoms with van der Waals surface area (Å²) in [5.74, 6) is 0. The fourth-order valence-corrected chi connectivity index (χ4v) is 3.52. The minimum absolute atomic E-state index is 0.0998. The maximum atomic E-state index is 11.0. The van der Waals surface area contributed by atoms with E-state index in [9.17, 15) is 10.1 Å². The Balaban J connectivity index is 1.93. The SMILES string of the molecule is CSC1CCC(NCc2ccc(Cl)cc2[N+](=O)[O-])CC1. The van der Waals surface area contributed by atoms with Gasteiger partial charge in [0.2, 0.25) is 0 Å². The number of thioether (sulfide) groups is 1. The lowest BCUT2D eigenvalue weighted by atomic mass is 9.95. The van der Waals surface area contributed by atoms with Gasteiger partial charge in [-0.1, -0.05) is 11.6 Å². The minimum atomic E-state index is -0.368. The summed E-state index contributed by atoms with van der Waals surface area (Å²) in [5, 5.41) is 15.6. The van der Waals surface area contributed by atoms with Crippen molar-refractivity contribution in [3.63, 3.8) is 0 Å². The maximum Gasteiger partial charge on any atom is 0.275 e. The summed E-state index contributed by atoms with van der Waals surface area (Å²) >= 11 is 7.75. The number of nitro groups is 1. The molecule has 4 nitrogen and oxygen atoms in total. The van der Waals surface area contributed by atoms with Crippen LogP contribution in [-0.4, -0.2) is 22.5 Å². The molecule has 0 atom stereocenters. The van der Waals surface area contributed by atoms with Crippen molar-refractivity contribution in [2.75, 3.05) is 6.26 Å². The molecular weight excluding hydrogens is 296 g/mol. The zero-order valence-electron chi connectivity index (χ0n) is 11.5. The Labute approximate surface area is 128 Å². The van der Waals surface area contributed by atoms with Crippen LogP contribution in [0.1, 0.15) is 31.2 Å². The molecule has 20 heavy (non-hydrogen) atoms. The lowest BCUT2D eigenvalue weighted by molar-refractivity contribution is -0.385. The first kappa shape index (κ1) is 15.6. The average molecular weight is 315 g/mol. The molecule has 110 valence electrons. The predicted octanol–water partition coefficient (Wildman–Crippen LogP) is 4.01. The van der Waals surface area contributed by atoms with Crippen LogP contribution in [0, 0.1) is 10.1 Å². The molecule has 1 aromatic rings. The Bertz CT molecular complexity index is 476. The van der Waals surface area contributed by atoms with E-state index in [2.05, 4.69) is 11.6 Å². The number of hydrogen-bond donors (Lipinski definition) is 1. The molecule has 0 bridgehead atoms. The standard InChI is InChI=1S/C14H19ClN2O2S/c1-20-13-6-4-12(5-7-13)16-9-10-2-3-11(15)8-14(10)17(18)19/h2-3,8,12-13,16H,4-7,9H2,1H3. The summed E-state index contributed by atoms with van der Waals surface area (Å²) in [5.41, 5.74) is 0.800. The van der Waals surface area contributed by atoms with Gasteiger partial charge in [0.1, 0.15) is 0 Å². The summed E-state index contributed by atoms with van der Waals surface area (Å²) in [6, 6.07) is 5.33. The third-order valence-corrected chi connectivity index (χ3v) is 5.21. The lowest BCUT2D eigenvalue weighted by Crippen LogP contribution is -2.33. The third-order valence-electron chi connectivity index (χ3n) is 3.83. The van der Waals surface area contributed by atoms with Crippen LogP contribution in [0.15, 0.2) is 18.2 Å². The van der Waals surface area contributed by atoms with Crippen molar-refractivity contribution in [1.29, 1.82) is 0 Å². The van der Waals surface area contributed by atoms with Crippen molar-refractivity contribution < 1.29 is 4.92 Å². The second-order valence-corrected chi connectivity index (χ2v) is 6.69. The van der Waals surface area contributed by atoms with Crippen LogP contribution in [0.3, 0.4) is 0 Å². The zero-order valence-corrected chi connectivity index (χ0v) is 13.0. The Morgan fingerprint density at radius 2 is 2.10 bits per heavy atom. The lowest BCUT2D eigenvalue weighted by Gasteiger charge is -2.28. The van der Waals surface area contributed by atoms with E-state index >= 15 is 0 Å². The summed E-state index contributed by atoms with van der Waals surface area (Å²) in [4.78, 5) is 10.7. The topological polar surface area (TPSA) is 55.2 Å². The molecule has 1 saturated carbocycles. The van der Waals surface area contributed by atoms with Crippen molar-refractivity contribution in [3.05, 3.63) is 38.9 Å². The van der Waals surface area contributed by atoms with Crippen LogP contribution in [-0.2, 0) is 6.54 Å². The normalized spacial score (nSPS) is 22.7. The van der Waals surface area contributed by atoms with Crippen LogP contribution < -0.4 is 5.32 Å². The Kier molecular flexibility index (Phi) is 5.69. The van der Waals surface area contributed by atoms with Gasteiger partial charge in [0.15, 0.2) is 0 Å². The molecule has 1 aliphatic rings. The van der Waals surface area contributed by atoms with Gasteiger partial charge in [0.25, 0.3) is 5.69 Å². The first-order valence-electron chi connectivity index (χ1n) is 6.79. The zero-order chi connectivity index (χ0) is 14.5. The monoisotopic (exact) mass is 314 g/mol. The Morgan fingerprint density at radius 3 is 2.70 bits per heavy atom. The number of nitro benzene ring substituents is 1. The van der Waals surface area contributed by atoms with E-state index in [1.165, 1.54) is 18.9 Å². The van der Waals surface area contributed by atoms with Crippen molar-refractivity contribution in [1.82, 2.24) is 5.32 Å². The average Bonchev–Trinajstić information content (AvgIpc) is 2.46. The van der Waals surface area contributed by atoms with E-state index in [1.807, 2.05) is 11.8 Å². The first-order chi connectivity index (χ1) is 9.60. The van der Waals surface area contributed by atoms with Crippen molar-refractivity contribution >= 4 is 29.1 Å². The van der Waals surface area contributed by atoms with Crippen molar-refractivity contribution in [2.24, 2.45) is 0 Å². The van der Waals surface area contributed by atoms with E-state index in [1.54, 1.807) is 12.1 Å². The van der Waals surface area contributed by atoms with Gasteiger partial charge < -0.3 is 5.32 Å². The highest BCUT2D eigenvalue weighted by Crippen LogP contribution is 2.28. The number of halogens is 1. The highest BCUT2D eigenvalue weighted by atomic mass is 35.5. The molecular formula is C14H19ClN2O2S. The molecule has 0 aliphatic heterocycles. The summed E-state index contributed by atoms with van der Waals surface area (Å²) in [6.45, 7) is 0.530. The van der Waals surface area contributed by atoms with Gasteiger partial charge in [-0.3, -0.25) is 10.1 Å². The highest BCUT2D eigenvalue weighted by molar-refractivity contribution is 7.99. The predicted molar refractivity (Wildman–Crippen MR) is 84.5 cm³/mol. The van der Waals surface area contributed by atoms with Crippen LogP contribution in [0.4, 0.5) is 5.69 Å². The molecule has 0 heterocycles. The van der Waals surface area contributed by atoms with Crippen LogP contribution in [0.2, 0.25) is 5.02 Å². The molecule has 0 radical (unpaired) electrons. The highest BCUT2D eigenvalue weighted by Gasteiger charge is 2.21. The quantitative estimate of drug-likeness (QED) is 0.659. The van der Waals surface area contributed by atoms with Gasteiger partial charge in [0.05, 0.1) is 4.92 Å². The Hall–Kier alpha value is -0.780. The van der Waals surface area contributed by atoms with E-state index < -0.39 is 0 Å². The third kappa shape index (κ3) is 4.11. The first-order valence-corrected chi connectivity index (χ1v) is 8.45. The molecule has 1 aromatic carbocycles. The summed E-state index contributed by atoms with van der Waals surface area (Å²) in [7, 11) is 0. The van der Waals surface area contributed by atoms with E-state index in [0.717, 1.165) is 18.1 Å². The van der Waals surface area contributed by atoms with Gasteiger partial charge in [-0.05, 0) is 44.1 Å². The molecule has 6 heteroatoms. The van der Waals surface area contributed by atoms with Crippen LogP contribution in [0.5, 0.6) is 0 Å². The fourth-order valence-electron chi connectivity index (χ4n) is 2.61. The Morgan fingerprint density at radius 1 is 1.40 bits per heavy atom. The number of rotatable bonds is 5. The van der Waals surface area contributed by atoms with Crippen LogP contribution in [0.25, 0.3) is 0 Å². The molecule has 0 amide bonds.